The molecule has 9 heteroatoms. The summed E-state index contributed by atoms with van der Waals surface area (Å²) in [4.78, 5) is 7.06. The van der Waals surface area contributed by atoms with E-state index in [4.69, 9.17) is 28.2 Å². The molecule has 1 aliphatic heterocycles. The van der Waals surface area contributed by atoms with Crippen LogP contribution in [0.25, 0.3) is 0 Å². The largest absolute Gasteiger partial charge is 0.348 e. The first-order valence-electron chi connectivity index (χ1n) is 9.46. The second-order valence-electron chi connectivity index (χ2n) is 7.21. The Morgan fingerprint density at radius 3 is 2.60 bits per heavy atom. The molecule has 30 heavy (non-hydrogen) atoms. The van der Waals surface area contributed by atoms with Crippen LogP contribution in [0, 0.1) is 0 Å². The Balaban J connectivity index is 1.42. The Labute approximate surface area is 198 Å². The normalized spacial score (nSPS) is 15.5. The Hall–Kier alpha value is -1.12. The number of thiazole rings is 1. The summed E-state index contributed by atoms with van der Waals surface area (Å²) in [5.74, 6) is 0. The van der Waals surface area contributed by atoms with E-state index in [1.165, 1.54) is 11.6 Å². The van der Waals surface area contributed by atoms with E-state index >= 15 is 0 Å². The summed E-state index contributed by atoms with van der Waals surface area (Å²) in [6, 6.07) is 13.0. The number of aromatic nitrogens is 1. The van der Waals surface area contributed by atoms with Gasteiger partial charge in [0.05, 0.1) is 25.9 Å². The third kappa shape index (κ3) is 4.70. The van der Waals surface area contributed by atoms with Crippen LogP contribution in [0.4, 0.5) is 5.13 Å². The van der Waals surface area contributed by atoms with Gasteiger partial charge in [0.1, 0.15) is 0 Å². The van der Waals surface area contributed by atoms with Crippen LogP contribution in [-0.2, 0) is 16.3 Å². The topological polar surface area (TPSA) is 50.3 Å². The molecule has 0 atom stereocenters. The monoisotopic (exact) mass is 544 g/mol. The number of rotatable bonds is 5. The molecule has 0 saturated carbocycles. The van der Waals surface area contributed by atoms with E-state index in [2.05, 4.69) is 38.3 Å². The Kier molecular flexibility index (Phi) is 6.75. The zero-order valence-electron chi connectivity index (χ0n) is 15.9. The van der Waals surface area contributed by atoms with E-state index in [9.17, 15) is 8.42 Å². The lowest BCUT2D eigenvalue weighted by molar-refractivity contribution is 0.529. The van der Waals surface area contributed by atoms with Gasteiger partial charge >= 0.3 is 0 Å². The molecule has 3 aromatic rings. The quantitative estimate of drug-likeness (QED) is 0.380. The van der Waals surface area contributed by atoms with Gasteiger partial charge in [-0.1, -0.05) is 57.3 Å². The van der Waals surface area contributed by atoms with Crippen LogP contribution < -0.4 is 4.90 Å². The van der Waals surface area contributed by atoms with Gasteiger partial charge in [0.15, 0.2) is 15.0 Å². The Bertz CT molecular complexity index is 1160. The van der Waals surface area contributed by atoms with Crippen LogP contribution in [0.15, 0.2) is 57.2 Å². The molecule has 0 unspecified atom stereocenters. The fourth-order valence-electron chi connectivity index (χ4n) is 3.62. The molecule has 4 nitrogen and oxygen atoms in total. The van der Waals surface area contributed by atoms with Gasteiger partial charge in [0, 0.05) is 29.4 Å². The summed E-state index contributed by atoms with van der Waals surface area (Å²) in [5.41, 5.74) is 2.22. The Morgan fingerprint density at radius 2 is 1.87 bits per heavy atom. The fourth-order valence-corrected chi connectivity index (χ4v) is 7.44. The van der Waals surface area contributed by atoms with Crippen molar-refractivity contribution in [1.29, 1.82) is 0 Å². The highest BCUT2D eigenvalue weighted by atomic mass is 79.9. The molecular weight excluding hydrogens is 527 g/mol. The molecule has 0 radical (unpaired) electrons. The van der Waals surface area contributed by atoms with Gasteiger partial charge in [-0.05, 0) is 42.7 Å². The molecule has 158 valence electrons. The van der Waals surface area contributed by atoms with Crippen molar-refractivity contribution in [2.75, 3.05) is 18.0 Å². The number of hydrogen-bond donors (Lipinski definition) is 0. The maximum absolute atomic E-state index is 13.1. The van der Waals surface area contributed by atoms with Gasteiger partial charge in [0.2, 0.25) is 0 Å². The standard InChI is InChI=1S/C21H19BrCl2N2O2S2/c22-15-4-1-3-14(11-15)12-16-13-29-21(25-16)26-9-7-17(8-10-26)30(27,28)19-6-2-5-18(23)20(19)24/h1-6,11,13,17H,7-10,12H2. The van der Waals surface area contributed by atoms with Gasteiger partial charge in [-0.3, -0.25) is 0 Å². The van der Waals surface area contributed by atoms with Crippen LogP contribution in [0.1, 0.15) is 24.1 Å². The summed E-state index contributed by atoms with van der Waals surface area (Å²) < 4.78 is 27.2. The zero-order chi connectivity index (χ0) is 21.3. The van der Waals surface area contributed by atoms with Gasteiger partial charge in [-0.2, -0.15) is 0 Å². The molecule has 2 heterocycles. The van der Waals surface area contributed by atoms with Crippen molar-refractivity contribution in [3.05, 3.63) is 73.6 Å². The van der Waals surface area contributed by atoms with Crippen molar-refractivity contribution in [2.45, 2.75) is 29.4 Å². The third-order valence-electron chi connectivity index (χ3n) is 5.19. The second-order valence-corrected chi connectivity index (χ2v) is 11.9. The van der Waals surface area contributed by atoms with E-state index < -0.39 is 15.1 Å². The smallest absolute Gasteiger partial charge is 0.185 e. The second kappa shape index (κ2) is 9.17. The predicted molar refractivity (Wildman–Crippen MR) is 128 cm³/mol. The first kappa shape index (κ1) is 22.1. The average Bonchev–Trinajstić information content (AvgIpc) is 3.18. The number of sulfone groups is 1. The minimum absolute atomic E-state index is 0.110. The van der Waals surface area contributed by atoms with Gasteiger partial charge in [-0.25, -0.2) is 13.4 Å². The van der Waals surface area contributed by atoms with Crippen LogP contribution >= 0.6 is 50.5 Å². The zero-order valence-corrected chi connectivity index (χ0v) is 20.6. The van der Waals surface area contributed by atoms with Crippen molar-refractivity contribution in [2.24, 2.45) is 0 Å². The number of benzene rings is 2. The highest BCUT2D eigenvalue weighted by Gasteiger charge is 2.33. The summed E-state index contributed by atoms with van der Waals surface area (Å²) >= 11 is 17.3. The van der Waals surface area contributed by atoms with E-state index in [0.717, 1.165) is 21.7 Å². The van der Waals surface area contributed by atoms with Crippen molar-refractivity contribution < 1.29 is 8.42 Å². The van der Waals surface area contributed by atoms with Crippen molar-refractivity contribution in [3.63, 3.8) is 0 Å². The summed E-state index contributed by atoms with van der Waals surface area (Å²) in [7, 11) is -3.52. The number of halogens is 3. The van der Waals surface area contributed by atoms with Crippen molar-refractivity contribution in [3.8, 4) is 0 Å². The van der Waals surface area contributed by atoms with Gasteiger partial charge in [-0.15, -0.1) is 11.3 Å². The van der Waals surface area contributed by atoms with Gasteiger partial charge < -0.3 is 4.90 Å². The molecule has 0 N–H and O–H groups in total. The molecule has 1 aromatic heterocycles. The molecule has 0 amide bonds. The van der Waals surface area contributed by atoms with Crippen LogP contribution in [0.5, 0.6) is 0 Å². The molecule has 1 aliphatic rings. The molecule has 1 saturated heterocycles. The number of hydrogen-bond acceptors (Lipinski definition) is 5. The minimum Gasteiger partial charge on any atom is -0.348 e. The fraction of sp³-hybridized carbons (Fsp3) is 0.286. The average molecular weight is 546 g/mol. The predicted octanol–water partition coefficient (Wildman–Crippen LogP) is 6.25. The molecule has 2 aromatic carbocycles. The lowest BCUT2D eigenvalue weighted by Gasteiger charge is -2.31. The number of anilines is 1. The first-order valence-corrected chi connectivity index (χ1v) is 13.4. The van der Waals surface area contributed by atoms with E-state index in [-0.39, 0.29) is 14.9 Å². The number of piperidine rings is 1. The maximum atomic E-state index is 13.1. The SMILES string of the molecule is O=S(=O)(c1cccc(Cl)c1Cl)C1CCN(c2nc(Cc3cccc(Br)c3)cs2)CC1. The molecule has 1 fully saturated rings. The lowest BCUT2D eigenvalue weighted by atomic mass is 10.1. The van der Waals surface area contributed by atoms with Crippen LogP contribution in [0.2, 0.25) is 10.0 Å². The minimum atomic E-state index is -3.52. The highest BCUT2D eigenvalue weighted by Crippen LogP contribution is 2.35. The van der Waals surface area contributed by atoms with E-state index in [0.29, 0.717) is 25.9 Å². The van der Waals surface area contributed by atoms with Crippen molar-refractivity contribution >= 4 is 65.4 Å². The van der Waals surface area contributed by atoms with E-state index in [1.807, 2.05) is 12.1 Å². The molecule has 4 rings (SSSR count). The lowest BCUT2D eigenvalue weighted by Crippen LogP contribution is -2.39. The molecule has 0 spiro atoms. The first-order chi connectivity index (χ1) is 14.3. The molecule has 0 bridgehead atoms. The van der Waals surface area contributed by atoms with Gasteiger partial charge in [0.25, 0.3) is 0 Å². The molecule has 0 aliphatic carbocycles. The summed E-state index contributed by atoms with van der Waals surface area (Å²) in [6.45, 7) is 1.29. The van der Waals surface area contributed by atoms with E-state index in [1.54, 1.807) is 23.5 Å². The summed E-state index contributed by atoms with van der Waals surface area (Å²) in [5, 5.41) is 2.92. The van der Waals surface area contributed by atoms with Crippen molar-refractivity contribution in [1.82, 2.24) is 4.98 Å². The third-order valence-corrected chi connectivity index (χ3v) is 9.86. The van der Waals surface area contributed by atoms with Crippen LogP contribution in [-0.4, -0.2) is 31.7 Å². The summed E-state index contributed by atoms with van der Waals surface area (Å²) in [6.07, 6.45) is 1.84. The number of nitrogens with zero attached hydrogens (tertiary/aromatic N) is 2. The maximum Gasteiger partial charge on any atom is 0.185 e. The Morgan fingerprint density at radius 1 is 1.13 bits per heavy atom. The molecular formula is C21H19BrCl2N2O2S2. The van der Waals surface area contributed by atoms with Crippen LogP contribution in [0.3, 0.4) is 0 Å². The highest BCUT2D eigenvalue weighted by molar-refractivity contribution is 9.10.